The van der Waals surface area contributed by atoms with Gasteiger partial charge in [-0.2, -0.15) is 0 Å². The van der Waals surface area contributed by atoms with E-state index in [4.69, 9.17) is 18.9 Å². The number of esters is 2. The number of carbonyl (C=O) groups is 2. The Morgan fingerprint density at radius 2 is 1.46 bits per heavy atom. The molecule has 2 heterocycles. The Labute approximate surface area is 273 Å². The predicted octanol–water partition coefficient (Wildman–Crippen LogP) is 8.27. The topological polar surface area (TPSA) is 74.3 Å². The van der Waals surface area contributed by atoms with Crippen molar-refractivity contribution in [2.45, 2.75) is 73.5 Å². The van der Waals surface area contributed by atoms with Crippen molar-refractivity contribution in [3.8, 4) is 17.2 Å². The van der Waals surface area contributed by atoms with Crippen LogP contribution < -0.4 is 14.2 Å². The third kappa shape index (κ3) is 8.58. The van der Waals surface area contributed by atoms with E-state index in [0.29, 0.717) is 12.4 Å². The van der Waals surface area contributed by atoms with Crippen LogP contribution in [0.15, 0.2) is 66.7 Å². The van der Waals surface area contributed by atoms with Crippen LogP contribution in [-0.2, 0) is 20.9 Å². The molecule has 0 bridgehead atoms. The molecule has 0 aliphatic carbocycles. The van der Waals surface area contributed by atoms with Gasteiger partial charge in [0.1, 0.15) is 36.6 Å². The maximum atomic E-state index is 12.4. The number of likely N-dealkylation sites (tertiary alicyclic amines) is 1. The van der Waals surface area contributed by atoms with Crippen LogP contribution in [0.5, 0.6) is 17.2 Å². The van der Waals surface area contributed by atoms with Crippen molar-refractivity contribution in [3.05, 3.63) is 89.0 Å². The molecule has 46 heavy (non-hydrogen) atoms. The molecule has 0 aromatic heterocycles. The first-order chi connectivity index (χ1) is 21.9. The van der Waals surface area contributed by atoms with Crippen LogP contribution in [0.1, 0.15) is 89.2 Å². The zero-order valence-corrected chi connectivity index (χ0v) is 28.1. The lowest BCUT2D eigenvalue weighted by molar-refractivity contribution is -0.154. The summed E-state index contributed by atoms with van der Waals surface area (Å²) < 4.78 is 24.0. The quantitative estimate of drug-likeness (QED) is 0.175. The zero-order chi connectivity index (χ0) is 32.9. The van der Waals surface area contributed by atoms with Gasteiger partial charge in [0, 0.05) is 17.7 Å². The fraction of sp³-hybridized carbons (Fsp3) is 0.436. The van der Waals surface area contributed by atoms with Gasteiger partial charge in [0.05, 0.1) is 10.8 Å². The largest absolute Gasteiger partial charge is 0.492 e. The molecule has 7 nitrogen and oxygen atoms in total. The highest BCUT2D eigenvalue weighted by Crippen LogP contribution is 2.43. The number of fused-ring (bicyclic) bond motifs is 1. The molecular formula is C39H47NO6. The standard InChI is InChI=1S/C39H47NO6/c1-38(2,3)36(41)44-26-27-10-11-30-25-33(28-12-18-32(19-13-28)45-37(42)39(4,5)6)35(46-34(30)24-27)29-14-16-31(17-15-29)43-23-22-40-20-8-7-9-21-40/h10-19,24-25,35H,7-9,20-23,26H2,1-6H3. The maximum absolute atomic E-state index is 12.4. The minimum Gasteiger partial charge on any atom is -0.492 e. The van der Waals surface area contributed by atoms with Crippen LogP contribution in [-0.4, -0.2) is 43.1 Å². The molecule has 2 aliphatic heterocycles. The van der Waals surface area contributed by atoms with Gasteiger partial charge >= 0.3 is 11.9 Å². The third-order valence-corrected chi connectivity index (χ3v) is 8.22. The van der Waals surface area contributed by atoms with Gasteiger partial charge in [-0.05, 0) is 121 Å². The number of hydrogen-bond acceptors (Lipinski definition) is 7. The number of piperidine rings is 1. The molecule has 0 saturated carbocycles. The fourth-order valence-electron chi connectivity index (χ4n) is 5.36. The minimum absolute atomic E-state index is 0.173. The van der Waals surface area contributed by atoms with Gasteiger partial charge in [0.25, 0.3) is 0 Å². The molecule has 1 unspecified atom stereocenters. The maximum Gasteiger partial charge on any atom is 0.316 e. The fourth-order valence-corrected chi connectivity index (χ4v) is 5.36. The molecule has 1 atom stereocenters. The van der Waals surface area contributed by atoms with Crippen molar-refractivity contribution in [3.63, 3.8) is 0 Å². The molecule has 1 fully saturated rings. The number of rotatable bonds is 9. The highest BCUT2D eigenvalue weighted by atomic mass is 16.5. The highest BCUT2D eigenvalue weighted by molar-refractivity contribution is 5.88. The second kappa shape index (κ2) is 14.1. The van der Waals surface area contributed by atoms with Crippen molar-refractivity contribution < 1.29 is 28.5 Å². The summed E-state index contributed by atoms with van der Waals surface area (Å²) in [6, 6.07) is 21.5. The lowest BCUT2D eigenvalue weighted by Gasteiger charge is -2.29. The second-order valence-electron chi connectivity index (χ2n) is 14.3. The first-order valence-corrected chi connectivity index (χ1v) is 16.3. The summed E-state index contributed by atoms with van der Waals surface area (Å²) in [6.45, 7) is 15.1. The van der Waals surface area contributed by atoms with Gasteiger partial charge in [-0.25, -0.2) is 0 Å². The molecule has 244 valence electrons. The third-order valence-electron chi connectivity index (χ3n) is 8.22. The van der Waals surface area contributed by atoms with Crippen LogP contribution in [0.2, 0.25) is 0 Å². The average Bonchev–Trinajstić information content (AvgIpc) is 3.03. The van der Waals surface area contributed by atoms with Crippen molar-refractivity contribution in [1.82, 2.24) is 4.90 Å². The molecule has 0 N–H and O–H groups in total. The van der Waals surface area contributed by atoms with E-state index in [1.54, 1.807) is 0 Å². The molecule has 2 aliphatic rings. The van der Waals surface area contributed by atoms with Crippen LogP contribution in [0.25, 0.3) is 11.6 Å². The van der Waals surface area contributed by atoms with E-state index in [-0.39, 0.29) is 18.5 Å². The van der Waals surface area contributed by atoms with E-state index >= 15 is 0 Å². The lowest BCUT2D eigenvalue weighted by atomic mass is 9.90. The summed E-state index contributed by atoms with van der Waals surface area (Å²) in [5, 5.41) is 0. The van der Waals surface area contributed by atoms with E-state index in [1.165, 1.54) is 19.3 Å². The smallest absolute Gasteiger partial charge is 0.316 e. The summed E-state index contributed by atoms with van der Waals surface area (Å²) in [4.78, 5) is 27.3. The second-order valence-corrected chi connectivity index (χ2v) is 14.3. The molecule has 0 amide bonds. The predicted molar refractivity (Wildman–Crippen MR) is 181 cm³/mol. The summed E-state index contributed by atoms with van der Waals surface area (Å²) in [5.74, 6) is 1.51. The molecule has 0 spiro atoms. The summed E-state index contributed by atoms with van der Waals surface area (Å²) in [7, 11) is 0. The highest BCUT2D eigenvalue weighted by Gasteiger charge is 2.28. The van der Waals surface area contributed by atoms with Crippen LogP contribution in [0.3, 0.4) is 0 Å². The van der Waals surface area contributed by atoms with E-state index in [1.807, 2.05) is 108 Å². The van der Waals surface area contributed by atoms with E-state index in [9.17, 15) is 9.59 Å². The molecule has 7 heteroatoms. The summed E-state index contributed by atoms with van der Waals surface area (Å²) >= 11 is 0. The molecule has 3 aromatic rings. The average molecular weight is 626 g/mol. The summed E-state index contributed by atoms with van der Waals surface area (Å²) in [6.07, 6.45) is 5.59. The Kier molecular flexibility index (Phi) is 10.2. The lowest BCUT2D eigenvalue weighted by Crippen LogP contribution is -2.33. The molecular weight excluding hydrogens is 578 g/mol. The normalized spacial score (nSPS) is 16.9. The van der Waals surface area contributed by atoms with Gasteiger partial charge in [0.15, 0.2) is 0 Å². The van der Waals surface area contributed by atoms with Crippen LogP contribution in [0.4, 0.5) is 0 Å². The van der Waals surface area contributed by atoms with Gasteiger partial charge in [-0.3, -0.25) is 14.5 Å². The van der Waals surface area contributed by atoms with Crippen molar-refractivity contribution in [2.75, 3.05) is 26.2 Å². The Hall–Kier alpha value is -4.10. The van der Waals surface area contributed by atoms with Gasteiger partial charge in [-0.15, -0.1) is 0 Å². The zero-order valence-electron chi connectivity index (χ0n) is 28.1. The first kappa shape index (κ1) is 33.3. The van der Waals surface area contributed by atoms with Crippen molar-refractivity contribution >= 4 is 23.6 Å². The van der Waals surface area contributed by atoms with Crippen LogP contribution in [0, 0.1) is 10.8 Å². The Bertz CT molecular complexity index is 1540. The number of benzene rings is 3. The molecule has 0 radical (unpaired) electrons. The molecule has 3 aromatic carbocycles. The van der Waals surface area contributed by atoms with E-state index in [0.717, 1.165) is 59.0 Å². The van der Waals surface area contributed by atoms with E-state index in [2.05, 4.69) is 11.0 Å². The Morgan fingerprint density at radius 1 is 0.804 bits per heavy atom. The molecule has 5 rings (SSSR count). The minimum atomic E-state index is -0.597. The first-order valence-electron chi connectivity index (χ1n) is 16.3. The molecule has 1 saturated heterocycles. The summed E-state index contributed by atoms with van der Waals surface area (Å²) in [5.41, 5.74) is 3.53. The monoisotopic (exact) mass is 625 g/mol. The number of carbonyl (C=O) groups excluding carboxylic acids is 2. The number of ether oxygens (including phenoxy) is 4. The van der Waals surface area contributed by atoms with Crippen molar-refractivity contribution in [1.29, 1.82) is 0 Å². The van der Waals surface area contributed by atoms with Gasteiger partial charge in [-0.1, -0.05) is 42.8 Å². The van der Waals surface area contributed by atoms with Gasteiger partial charge in [0.2, 0.25) is 0 Å². The van der Waals surface area contributed by atoms with E-state index < -0.39 is 16.9 Å². The Balaban J connectivity index is 1.37. The number of hydrogen-bond donors (Lipinski definition) is 0. The Morgan fingerprint density at radius 3 is 2.11 bits per heavy atom. The van der Waals surface area contributed by atoms with Crippen molar-refractivity contribution in [2.24, 2.45) is 10.8 Å². The van der Waals surface area contributed by atoms with Crippen LogP contribution >= 0.6 is 0 Å². The number of nitrogens with zero attached hydrogens (tertiary/aromatic N) is 1. The SMILES string of the molecule is CC(C)(C)C(=O)OCc1ccc2c(c1)OC(c1ccc(OCCN3CCCCC3)cc1)C(c1ccc(OC(=O)C(C)(C)C)cc1)=C2. The van der Waals surface area contributed by atoms with Gasteiger partial charge < -0.3 is 18.9 Å².